The second kappa shape index (κ2) is 13.2. The van der Waals surface area contributed by atoms with Crippen LogP contribution in [-0.2, 0) is 36.5 Å². The van der Waals surface area contributed by atoms with Gasteiger partial charge in [-0.25, -0.2) is 43.3 Å². The number of nitrogens with two attached hydrogens (primary N) is 2. The zero-order chi connectivity index (χ0) is 35.5. The number of nitrogens with zero attached hydrogens (tertiary/aromatic N) is 8. The predicted octanol–water partition coefficient (Wildman–Crippen LogP) is -2.10. The molecule has 2 aliphatic rings. The second-order valence-electron chi connectivity index (χ2n) is 10.8. The topological polar surface area (TPSA) is 378 Å². The van der Waals surface area contributed by atoms with E-state index in [9.17, 15) is 48.6 Å². The third-order valence-electron chi connectivity index (χ3n) is 7.56. The molecule has 25 nitrogen and oxygen atoms in total. The van der Waals surface area contributed by atoms with Gasteiger partial charge in [0.2, 0.25) is 0 Å². The lowest BCUT2D eigenvalue weighted by Gasteiger charge is -2.22. The number of hydrogen-bond donors (Lipinski definition) is 9. The molecular weight excluding hydrogens is 725 g/mol. The van der Waals surface area contributed by atoms with E-state index < -0.39 is 91.5 Å². The van der Waals surface area contributed by atoms with Crippen LogP contribution in [0, 0.1) is 0 Å². The van der Waals surface area contributed by atoms with Crippen LogP contribution in [0.25, 0.3) is 22.3 Å². The molecule has 28 heteroatoms. The van der Waals surface area contributed by atoms with Crippen LogP contribution < -0.4 is 11.5 Å². The van der Waals surface area contributed by atoms with Crippen LogP contribution in [0.4, 0.5) is 11.6 Å². The zero-order valence-corrected chi connectivity index (χ0v) is 27.2. The van der Waals surface area contributed by atoms with Crippen LogP contribution in [-0.4, -0.2) is 123 Å². The number of ether oxygens (including phenoxy) is 2. The highest BCUT2D eigenvalue weighted by Gasteiger charge is 2.50. The molecule has 4 aromatic rings. The first kappa shape index (κ1) is 35.7. The number of aliphatic hydroxyl groups is 3. The van der Waals surface area contributed by atoms with Gasteiger partial charge in [0.25, 0.3) is 0 Å². The van der Waals surface area contributed by atoms with E-state index in [1.807, 2.05) is 0 Å². The summed E-state index contributed by atoms with van der Waals surface area (Å²) in [6.45, 7) is -0.896. The Kier molecular flexibility index (Phi) is 9.64. The molecule has 0 aliphatic carbocycles. The fraction of sp³-hybridized carbons (Fsp3) is 0.524. The van der Waals surface area contributed by atoms with E-state index in [4.69, 9.17) is 30.0 Å². The van der Waals surface area contributed by atoms with Crippen molar-refractivity contribution in [3.8, 4) is 0 Å². The van der Waals surface area contributed by atoms with Gasteiger partial charge < -0.3 is 55.8 Å². The normalized spacial score (nSPS) is 30.2. The van der Waals surface area contributed by atoms with Crippen molar-refractivity contribution >= 4 is 57.2 Å². The smallest absolute Gasteiger partial charge is 0.387 e. The summed E-state index contributed by atoms with van der Waals surface area (Å²) in [6, 6.07) is 0. The Bertz CT molecular complexity index is 1990. The number of aromatic nitrogens is 8. The number of phosphoric acid groups is 2. The maximum absolute atomic E-state index is 12.8. The Morgan fingerprint density at radius 2 is 1.31 bits per heavy atom. The highest BCUT2D eigenvalue weighted by molar-refractivity contribution is 7.64. The molecular formula is C21H29N10O15P3. The monoisotopic (exact) mass is 754 g/mol. The minimum Gasteiger partial charge on any atom is -0.387 e. The van der Waals surface area contributed by atoms with Gasteiger partial charge in [0.05, 0.1) is 31.5 Å². The molecule has 0 radical (unpaired) electrons. The Balaban J connectivity index is 1.08. The SMILES string of the molecule is Nc1ncnc2c1ncn2C1O[C@H](CCP(=O)(O)OP(=O)(O)OC[C@H]2O[C@@H](n3cnc4c(N)ncnc43)[C@H](O)[C@@H]2O)[C@@H](O)[C@H]1OP(=O)(O)O. The summed E-state index contributed by atoms with van der Waals surface area (Å²) in [4.78, 5) is 63.1. The maximum Gasteiger partial charge on any atom is 0.479 e. The van der Waals surface area contributed by atoms with Gasteiger partial charge in [-0.05, 0) is 6.42 Å². The first-order valence-electron chi connectivity index (χ1n) is 13.9. The molecule has 0 amide bonds. The predicted molar refractivity (Wildman–Crippen MR) is 158 cm³/mol. The molecule has 4 aromatic heterocycles. The van der Waals surface area contributed by atoms with E-state index in [0.717, 1.165) is 23.5 Å². The molecule has 10 atom stereocenters. The Morgan fingerprint density at radius 1 is 0.755 bits per heavy atom. The lowest BCUT2D eigenvalue weighted by atomic mass is 10.1. The average molecular weight is 754 g/mol. The Morgan fingerprint density at radius 3 is 1.88 bits per heavy atom. The van der Waals surface area contributed by atoms with Gasteiger partial charge in [-0.3, -0.25) is 22.7 Å². The van der Waals surface area contributed by atoms with E-state index in [1.54, 1.807) is 0 Å². The largest absolute Gasteiger partial charge is 0.479 e. The van der Waals surface area contributed by atoms with E-state index >= 15 is 0 Å². The van der Waals surface area contributed by atoms with Crippen molar-refractivity contribution in [2.24, 2.45) is 0 Å². The summed E-state index contributed by atoms with van der Waals surface area (Å²) >= 11 is 0. The molecule has 11 N–H and O–H groups in total. The Labute approximate surface area is 272 Å². The summed E-state index contributed by atoms with van der Waals surface area (Å²) in [7, 11) is -15.6. The summed E-state index contributed by atoms with van der Waals surface area (Å²) < 4.78 is 64.9. The average Bonchev–Trinajstić information content (AvgIpc) is 3.77. The van der Waals surface area contributed by atoms with Crippen molar-refractivity contribution < 1.29 is 71.4 Å². The third kappa shape index (κ3) is 7.37. The summed E-state index contributed by atoms with van der Waals surface area (Å²) in [5, 5.41) is 31.9. The number of nitrogen functional groups attached to an aromatic ring is 2. The molecule has 0 spiro atoms. The standard InChI is InChI=1S/C21H29N10O15P3/c22-16-10-18(26-4-24-16)30(6-28-10)20-14(34)12(32)9(44-20)3-42-49(40,41)46-47(35,36)2-1-8-13(33)15(45-48(37,38)39)21(43-8)31-7-29-11-17(23)25-5-27-19(11)31/h4-9,12-15,20-21,32-34H,1-3H2,(H,35,36)(H,40,41)(H2,22,24,26)(H2,23,25,27)(H2,37,38,39)/t8-,9-,12-,13-,14-,15-,20-,21?/m1/s1. The molecule has 0 saturated carbocycles. The van der Waals surface area contributed by atoms with E-state index in [1.165, 1.54) is 10.9 Å². The number of phosphoric ester groups is 2. The van der Waals surface area contributed by atoms with E-state index in [2.05, 4.69) is 34.2 Å². The highest BCUT2D eigenvalue weighted by atomic mass is 31.3. The molecule has 268 valence electrons. The zero-order valence-electron chi connectivity index (χ0n) is 24.5. The minimum atomic E-state index is -5.35. The van der Waals surface area contributed by atoms with Crippen molar-refractivity contribution in [2.45, 2.75) is 55.5 Å². The van der Waals surface area contributed by atoms with Gasteiger partial charge >= 0.3 is 23.2 Å². The fourth-order valence-electron chi connectivity index (χ4n) is 5.35. The van der Waals surface area contributed by atoms with Crippen molar-refractivity contribution in [1.82, 2.24) is 39.0 Å². The molecule has 6 rings (SSSR count). The summed E-state index contributed by atoms with van der Waals surface area (Å²) in [5.74, 6) is 0.0110. The number of fused-ring (bicyclic) bond motifs is 2. The van der Waals surface area contributed by atoms with Gasteiger partial charge in [-0.1, -0.05) is 0 Å². The Hall–Kier alpha value is -3.09. The second-order valence-corrected chi connectivity index (χ2v) is 15.6. The molecule has 3 unspecified atom stereocenters. The van der Waals surface area contributed by atoms with E-state index in [-0.39, 0.29) is 34.0 Å². The van der Waals surface area contributed by atoms with Crippen molar-refractivity contribution in [3.05, 3.63) is 25.3 Å². The minimum absolute atomic E-state index is 0.0298. The van der Waals surface area contributed by atoms with Crippen LogP contribution in [0.3, 0.4) is 0 Å². The lowest BCUT2D eigenvalue weighted by molar-refractivity contribution is -0.0502. The molecule has 0 aromatic carbocycles. The van der Waals surface area contributed by atoms with Gasteiger partial charge in [0.15, 0.2) is 35.4 Å². The highest BCUT2D eigenvalue weighted by Crippen LogP contribution is 2.60. The van der Waals surface area contributed by atoms with Crippen molar-refractivity contribution in [1.29, 1.82) is 0 Å². The molecule has 2 fully saturated rings. The van der Waals surface area contributed by atoms with Gasteiger partial charge in [-0.15, -0.1) is 0 Å². The van der Waals surface area contributed by atoms with Gasteiger partial charge in [0, 0.05) is 0 Å². The molecule has 0 bridgehead atoms. The van der Waals surface area contributed by atoms with Crippen LogP contribution in [0.15, 0.2) is 25.3 Å². The molecule has 2 saturated heterocycles. The number of rotatable bonds is 12. The van der Waals surface area contributed by atoms with Crippen LogP contribution in [0.1, 0.15) is 18.9 Å². The molecule has 6 heterocycles. The number of anilines is 2. The third-order valence-corrected chi connectivity index (χ3v) is 11.2. The van der Waals surface area contributed by atoms with Crippen LogP contribution in [0.5, 0.6) is 0 Å². The number of aliphatic hydroxyl groups excluding tert-OH is 3. The number of hydrogen-bond acceptors (Lipinski definition) is 19. The first-order chi connectivity index (χ1) is 22.9. The van der Waals surface area contributed by atoms with E-state index in [0.29, 0.717) is 0 Å². The van der Waals surface area contributed by atoms with Gasteiger partial charge in [0.1, 0.15) is 54.2 Å². The summed E-state index contributed by atoms with van der Waals surface area (Å²) in [6.07, 6.45) is -9.43. The van der Waals surface area contributed by atoms with Crippen LogP contribution in [0.2, 0.25) is 0 Å². The van der Waals surface area contributed by atoms with Gasteiger partial charge in [-0.2, -0.15) is 0 Å². The van der Waals surface area contributed by atoms with Crippen molar-refractivity contribution in [2.75, 3.05) is 24.2 Å². The molecule has 49 heavy (non-hydrogen) atoms. The van der Waals surface area contributed by atoms with Crippen LogP contribution >= 0.6 is 23.2 Å². The lowest BCUT2D eigenvalue weighted by Crippen LogP contribution is -2.34. The number of imidazole rings is 2. The summed E-state index contributed by atoms with van der Waals surface area (Å²) in [5.41, 5.74) is 12.0. The van der Waals surface area contributed by atoms with Crippen molar-refractivity contribution in [3.63, 3.8) is 0 Å². The first-order valence-corrected chi connectivity index (χ1v) is 18.7. The molecule has 2 aliphatic heterocycles. The fourth-order valence-corrected chi connectivity index (χ4v) is 8.61. The maximum atomic E-state index is 12.8. The quantitative estimate of drug-likeness (QED) is 0.0699.